The number of carbonyl (C=O) groups is 2. The average Bonchev–Trinajstić information content (AvgIpc) is 3.04. The quantitative estimate of drug-likeness (QED) is 0.564. The van der Waals surface area contributed by atoms with Crippen molar-refractivity contribution in [3.63, 3.8) is 0 Å². The maximum absolute atomic E-state index is 13.8. The Kier molecular flexibility index (Phi) is 5.54. The summed E-state index contributed by atoms with van der Waals surface area (Å²) in [5.74, 6) is -0.854. The van der Waals surface area contributed by atoms with Gasteiger partial charge in [0.1, 0.15) is 17.3 Å². The number of halogens is 1. The van der Waals surface area contributed by atoms with Crippen molar-refractivity contribution in [1.82, 2.24) is 4.90 Å². The summed E-state index contributed by atoms with van der Waals surface area (Å²) in [4.78, 5) is 29.6. The van der Waals surface area contributed by atoms with Crippen LogP contribution in [0.1, 0.15) is 11.1 Å². The number of imide groups is 1. The van der Waals surface area contributed by atoms with Crippen LogP contribution in [0.15, 0.2) is 84.6 Å². The van der Waals surface area contributed by atoms with Gasteiger partial charge in [-0.1, -0.05) is 48.5 Å². The molecule has 5 nitrogen and oxygen atoms in total. The molecule has 0 N–H and O–H groups in total. The van der Waals surface area contributed by atoms with E-state index in [1.165, 1.54) is 18.2 Å². The molecule has 0 atom stereocenters. The summed E-state index contributed by atoms with van der Waals surface area (Å²) in [6, 6.07) is 22.1. The Morgan fingerprint density at radius 1 is 0.903 bits per heavy atom. The summed E-state index contributed by atoms with van der Waals surface area (Å²) in [7, 11) is 3.33. The Labute approximate surface area is 180 Å². The molecule has 0 spiro atoms. The van der Waals surface area contributed by atoms with Gasteiger partial charge >= 0.3 is 0 Å². The van der Waals surface area contributed by atoms with Crippen LogP contribution in [-0.4, -0.2) is 30.9 Å². The lowest BCUT2D eigenvalue weighted by molar-refractivity contribution is -0.120. The van der Waals surface area contributed by atoms with Crippen molar-refractivity contribution in [2.45, 2.75) is 6.54 Å². The summed E-state index contributed by atoms with van der Waals surface area (Å²) in [6.07, 6.45) is 0. The lowest BCUT2D eigenvalue weighted by Gasteiger charge is -2.21. The van der Waals surface area contributed by atoms with Crippen LogP contribution in [-0.2, 0) is 16.1 Å². The van der Waals surface area contributed by atoms with Crippen molar-refractivity contribution < 1.29 is 18.7 Å². The van der Waals surface area contributed by atoms with Crippen molar-refractivity contribution in [3.05, 3.63) is 102 Å². The van der Waals surface area contributed by atoms with Crippen LogP contribution in [0.3, 0.4) is 0 Å². The van der Waals surface area contributed by atoms with Crippen LogP contribution in [0.2, 0.25) is 0 Å². The molecule has 4 rings (SSSR count). The Bertz CT molecular complexity index is 1160. The Morgan fingerprint density at radius 2 is 1.61 bits per heavy atom. The highest BCUT2D eigenvalue weighted by atomic mass is 19.1. The van der Waals surface area contributed by atoms with Crippen molar-refractivity contribution in [2.24, 2.45) is 0 Å². The summed E-state index contributed by atoms with van der Waals surface area (Å²) in [5, 5.41) is 0. The van der Waals surface area contributed by atoms with E-state index in [-0.39, 0.29) is 17.0 Å². The third-order valence-electron chi connectivity index (χ3n) is 5.15. The average molecular weight is 416 g/mol. The standard InChI is InChI=1S/C25H21FN2O3/c1-27(16-17-7-4-3-5-8-17)23-22(18-11-13-21(31-2)14-12-18)24(29)28(25(23)30)20-10-6-9-19(26)15-20/h3-15H,16H2,1-2H3. The fourth-order valence-corrected chi connectivity index (χ4v) is 3.68. The van der Waals surface area contributed by atoms with E-state index in [0.29, 0.717) is 17.9 Å². The number of hydrogen-bond donors (Lipinski definition) is 0. The smallest absolute Gasteiger partial charge is 0.282 e. The molecule has 3 aromatic rings. The Morgan fingerprint density at radius 3 is 2.26 bits per heavy atom. The monoisotopic (exact) mass is 416 g/mol. The van der Waals surface area contributed by atoms with Gasteiger partial charge in [0.25, 0.3) is 11.8 Å². The highest BCUT2D eigenvalue weighted by Gasteiger charge is 2.41. The number of carbonyl (C=O) groups excluding carboxylic acids is 2. The molecule has 0 bridgehead atoms. The van der Waals surface area contributed by atoms with Gasteiger partial charge < -0.3 is 9.64 Å². The molecule has 1 heterocycles. The predicted molar refractivity (Wildman–Crippen MR) is 117 cm³/mol. The van der Waals surface area contributed by atoms with Gasteiger partial charge in [0.05, 0.1) is 18.4 Å². The number of anilines is 1. The third kappa shape index (κ3) is 3.92. The van der Waals surface area contributed by atoms with E-state index in [1.54, 1.807) is 49.4 Å². The molecule has 1 aliphatic heterocycles. The van der Waals surface area contributed by atoms with Gasteiger partial charge in [-0.25, -0.2) is 9.29 Å². The largest absolute Gasteiger partial charge is 0.497 e. The van der Waals surface area contributed by atoms with Gasteiger partial charge in [-0.15, -0.1) is 0 Å². The molecule has 0 fully saturated rings. The van der Waals surface area contributed by atoms with Crippen LogP contribution in [0.25, 0.3) is 5.57 Å². The lowest BCUT2D eigenvalue weighted by Crippen LogP contribution is -2.34. The molecule has 31 heavy (non-hydrogen) atoms. The number of likely N-dealkylation sites (N-methyl/N-ethyl adjacent to an activating group) is 1. The van der Waals surface area contributed by atoms with Crippen LogP contribution in [0.5, 0.6) is 5.75 Å². The molecule has 0 aliphatic carbocycles. The number of ether oxygens (including phenoxy) is 1. The normalized spacial score (nSPS) is 13.7. The van der Waals surface area contributed by atoms with Crippen LogP contribution < -0.4 is 9.64 Å². The van der Waals surface area contributed by atoms with E-state index in [0.717, 1.165) is 10.5 Å². The van der Waals surface area contributed by atoms with E-state index >= 15 is 0 Å². The molecule has 1 aliphatic rings. The minimum atomic E-state index is -0.518. The summed E-state index contributed by atoms with van der Waals surface area (Å²) < 4.78 is 19.0. The van der Waals surface area contributed by atoms with Crippen molar-refractivity contribution in [1.29, 1.82) is 0 Å². The third-order valence-corrected chi connectivity index (χ3v) is 5.15. The van der Waals surface area contributed by atoms with E-state index in [1.807, 2.05) is 30.3 Å². The van der Waals surface area contributed by atoms with E-state index in [4.69, 9.17) is 4.74 Å². The van der Waals surface area contributed by atoms with Crippen molar-refractivity contribution >= 4 is 23.1 Å². The number of hydrogen-bond acceptors (Lipinski definition) is 4. The van der Waals surface area contributed by atoms with Gasteiger partial charge in [-0.2, -0.15) is 0 Å². The Balaban J connectivity index is 1.80. The van der Waals surface area contributed by atoms with Crippen LogP contribution in [0, 0.1) is 5.82 Å². The second kappa shape index (κ2) is 8.44. The van der Waals surface area contributed by atoms with Crippen LogP contribution >= 0.6 is 0 Å². The molecular weight excluding hydrogens is 395 g/mol. The Hall–Kier alpha value is -3.93. The molecule has 0 saturated heterocycles. The first-order chi connectivity index (χ1) is 15.0. The maximum atomic E-state index is 13.8. The van der Waals surface area contributed by atoms with E-state index in [9.17, 15) is 14.0 Å². The number of amides is 2. The molecule has 0 saturated carbocycles. The van der Waals surface area contributed by atoms with Gasteiger partial charge in [0, 0.05) is 13.6 Å². The fraction of sp³-hybridized carbons (Fsp3) is 0.120. The number of rotatable bonds is 6. The topological polar surface area (TPSA) is 49.9 Å². The summed E-state index contributed by atoms with van der Waals surface area (Å²) in [5.41, 5.74) is 2.33. The summed E-state index contributed by atoms with van der Waals surface area (Å²) in [6.45, 7) is 0.436. The predicted octanol–water partition coefficient (Wildman–Crippen LogP) is 4.25. The van der Waals surface area contributed by atoms with Crippen LogP contribution in [0.4, 0.5) is 10.1 Å². The zero-order chi connectivity index (χ0) is 22.0. The molecular formula is C25H21FN2O3. The first kappa shape index (κ1) is 20.3. The zero-order valence-corrected chi connectivity index (χ0v) is 17.2. The molecule has 6 heteroatoms. The molecule has 0 unspecified atom stereocenters. The minimum Gasteiger partial charge on any atom is -0.497 e. The zero-order valence-electron chi connectivity index (χ0n) is 17.2. The van der Waals surface area contributed by atoms with Crippen molar-refractivity contribution in [3.8, 4) is 5.75 Å². The second-order valence-electron chi connectivity index (χ2n) is 7.22. The van der Waals surface area contributed by atoms with E-state index < -0.39 is 17.6 Å². The molecule has 0 aromatic heterocycles. The number of nitrogens with zero attached hydrogens (tertiary/aromatic N) is 2. The highest BCUT2D eigenvalue weighted by Crippen LogP contribution is 2.35. The highest BCUT2D eigenvalue weighted by molar-refractivity contribution is 6.45. The SMILES string of the molecule is COc1ccc(C2=C(N(C)Cc3ccccc3)C(=O)N(c3cccc(F)c3)C2=O)cc1. The number of methoxy groups -OCH3 is 1. The fourth-order valence-electron chi connectivity index (χ4n) is 3.68. The van der Waals surface area contributed by atoms with Gasteiger partial charge in [-0.05, 0) is 41.5 Å². The maximum Gasteiger partial charge on any atom is 0.282 e. The van der Waals surface area contributed by atoms with Gasteiger partial charge in [0.15, 0.2) is 0 Å². The summed E-state index contributed by atoms with van der Waals surface area (Å²) >= 11 is 0. The first-order valence-corrected chi connectivity index (χ1v) is 9.77. The lowest BCUT2D eigenvalue weighted by atomic mass is 10.0. The molecule has 156 valence electrons. The van der Waals surface area contributed by atoms with Crippen molar-refractivity contribution in [2.75, 3.05) is 19.1 Å². The second-order valence-corrected chi connectivity index (χ2v) is 7.22. The number of benzene rings is 3. The van der Waals surface area contributed by atoms with E-state index in [2.05, 4.69) is 0 Å². The minimum absolute atomic E-state index is 0.198. The van der Waals surface area contributed by atoms with Gasteiger partial charge in [0.2, 0.25) is 0 Å². The molecule has 2 amide bonds. The van der Waals surface area contributed by atoms with Gasteiger partial charge in [-0.3, -0.25) is 9.59 Å². The molecule has 0 radical (unpaired) electrons. The molecule has 3 aromatic carbocycles. The first-order valence-electron chi connectivity index (χ1n) is 9.77.